The Balaban J connectivity index is 1.49. The highest BCUT2D eigenvalue weighted by Crippen LogP contribution is 2.26. The zero-order valence-corrected chi connectivity index (χ0v) is 17.2. The first kappa shape index (κ1) is 18.7. The van der Waals surface area contributed by atoms with Crippen molar-refractivity contribution in [2.75, 3.05) is 0 Å². The molecule has 8 heteroatoms. The number of rotatable bonds is 6. The smallest absolute Gasteiger partial charge is 0.191 e. The van der Waals surface area contributed by atoms with Crippen molar-refractivity contribution in [3.8, 4) is 0 Å². The maximum Gasteiger partial charge on any atom is 0.191 e. The number of aryl methyl sites for hydroxylation is 3. The fraction of sp³-hybridized carbons (Fsp3) is 0.182. The summed E-state index contributed by atoms with van der Waals surface area (Å²) in [6.07, 6.45) is 4.38. The first-order valence-electron chi connectivity index (χ1n) is 9.66. The molecule has 3 heterocycles. The molecular weight excluding hydrogens is 399 g/mol. The van der Waals surface area contributed by atoms with Gasteiger partial charge in [0.05, 0.1) is 11.8 Å². The Labute approximate surface area is 176 Å². The van der Waals surface area contributed by atoms with Gasteiger partial charge >= 0.3 is 0 Å². The first-order chi connectivity index (χ1) is 14.7. The number of nitrogens with zero attached hydrogens (tertiary/aromatic N) is 6. The lowest BCUT2D eigenvalue weighted by atomic mass is 10.2. The molecule has 0 aliphatic heterocycles. The Morgan fingerprint density at radius 2 is 1.87 bits per heavy atom. The SMILES string of the molecule is Cc1cncn1CCc1nc2c3ccccc3nc(SCc3ccc(F)cc3)n2n1. The summed E-state index contributed by atoms with van der Waals surface area (Å²) in [5, 5.41) is 6.49. The molecule has 30 heavy (non-hydrogen) atoms. The molecule has 0 radical (unpaired) electrons. The number of aromatic nitrogens is 6. The van der Waals surface area contributed by atoms with Gasteiger partial charge in [0.25, 0.3) is 0 Å². The zero-order chi connectivity index (χ0) is 20.5. The molecule has 2 aromatic carbocycles. The molecule has 0 spiro atoms. The van der Waals surface area contributed by atoms with Gasteiger partial charge in [-0.15, -0.1) is 5.10 Å². The molecule has 0 aliphatic rings. The van der Waals surface area contributed by atoms with E-state index in [9.17, 15) is 4.39 Å². The molecule has 0 amide bonds. The van der Waals surface area contributed by atoms with Crippen molar-refractivity contribution in [3.63, 3.8) is 0 Å². The molecule has 0 bridgehead atoms. The van der Waals surface area contributed by atoms with Crippen LogP contribution in [0.4, 0.5) is 4.39 Å². The van der Waals surface area contributed by atoms with E-state index < -0.39 is 0 Å². The molecule has 5 rings (SSSR count). The van der Waals surface area contributed by atoms with Crippen LogP contribution in [-0.4, -0.2) is 29.1 Å². The lowest BCUT2D eigenvalue weighted by Gasteiger charge is -2.06. The molecule has 0 atom stereocenters. The minimum Gasteiger partial charge on any atom is -0.334 e. The van der Waals surface area contributed by atoms with Gasteiger partial charge in [-0.3, -0.25) is 0 Å². The maximum atomic E-state index is 13.2. The van der Waals surface area contributed by atoms with Crippen LogP contribution in [0.5, 0.6) is 0 Å². The highest BCUT2D eigenvalue weighted by Gasteiger charge is 2.14. The predicted molar refractivity (Wildman–Crippen MR) is 115 cm³/mol. The largest absolute Gasteiger partial charge is 0.334 e. The lowest BCUT2D eigenvalue weighted by molar-refractivity contribution is 0.627. The molecule has 0 aliphatic carbocycles. The van der Waals surface area contributed by atoms with Gasteiger partial charge in [0, 0.05) is 36.0 Å². The Hall–Kier alpha value is -3.26. The summed E-state index contributed by atoms with van der Waals surface area (Å²) >= 11 is 1.57. The van der Waals surface area contributed by atoms with Crippen molar-refractivity contribution in [3.05, 3.63) is 84.0 Å². The summed E-state index contributed by atoms with van der Waals surface area (Å²) < 4.78 is 17.1. The van der Waals surface area contributed by atoms with Crippen molar-refractivity contribution in [2.24, 2.45) is 0 Å². The first-order valence-corrected chi connectivity index (χ1v) is 10.6. The summed E-state index contributed by atoms with van der Waals surface area (Å²) in [5.41, 5.74) is 3.83. The van der Waals surface area contributed by atoms with E-state index in [2.05, 4.69) is 9.55 Å². The van der Waals surface area contributed by atoms with Gasteiger partial charge in [-0.1, -0.05) is 36.0 Å². The molecule has 0 unspecified atom stereocenters. The van der Waals surface area contributed by atoms with Gasteiger partial charge in [-0.25, -0.2) is 19.3 Å². The third kappa shape index (κ3) is 3.66. The van der Waals surface area contributed by atoms with Crippen molar-refractivity contribution in [1.29, 1.82) is 0 Å². The minimum absolute atomic E-state index is 0.232. The number of hydrogen-bond acceptors (Lipinski definition) is 5. The van der Waals surface area contributed by atoms with Crippen molar-refractivity contribution >= 4 is 28.3 Å². The van der Waals surface area contributed by atoms with E-state index in [1.807, 2.05) is 48.2 Å². The summed E-state index contributed by atoms with van der Waals surface area (Å²) in [4.78, 5) is 13.8. The Morgan fingerprint density at radius 1 is 1.03 bits per heavy atom. The number of imidazole rings is 1. The standard InChI is InChI=1S/C22H19FN6S/c1-15-12-24-14-28(15)11-10-20-26-21-18-4-2-3-5-19(18)25-22(29(21)27-20)30-13-16-6-8-17(23)9-7-16/h2-9,12,14H,10-11,13H2,1H3. The van der Waals surface area contributed by atoms with Gasteiger partial charge in [0.2, 0.25) is 0 Å². The Kier molecular flexibility index (Phi) is 4.92. The molecule has 150 valence electrons. The topological polar surface area (TPSA) is 60.9 Å². The van der Waals surface area contributed by atoms with E-state index in [1.54, 1.807) is 23.9 Å². The normalized spacial score (nSPS) is 11.5. The Morgan fingerprint density at radius 3 is 2.67 bits per heavy atom. The number of halogens is 1. The second-order valence-electron chi connectivity index (χ2n) is 7.07. The van der Waals surface area contributed by atoms with Crippen LogP contribution in [0.3, 0.4) is 0 Å². The number of fused-ring (bicyclic) bond motifs is 3. The van der Waals surface area contributed by atoms with Gasteiger partial charge < -0.3 is 4.57 Å². The average molecular weight is 419 g/mol. The molecule has 0 saturated heterocycles. The number of hydrogen-bond donors (Lipinski definition) is 0. The summed E-state index contributed by atoms with van der Waals surface area (Å²) in [6, 6.07) is 14.5. The lowest BCUT2D eigenvalue weighted by Crippen LogP contribution is -2.03. The molecule has 5 aromatic rings. The van der Waals surface area contributed by atoms with Crippen LogP contribution >= 0.6 is 11.8 Å². The maximum absolute atomic E-state index is 13.2. The predicted octanol–water partition coefficient (Wildman–Crippen LogP) is 4.46. The molecule has 3 aromatic heterocycles. The van der Waals surface area contributed by atoms with Gasteiger partial charge in [-0.2, -0.15) is 4.52 Å². The summed E-state index contributed by atoms with van der Waals surface area (Å²) in [6.45, 7) is 2.80. The van der Waals surface area contributed by atoms with Gasteiger partial charge in [0.15, 0.2) is 16.6 Å². The molecule has 6 nitrogen and oxygen atoms in total. The fourth-order valence-corrected chi connectivity index (χ4v) is 4.24. The monoisotopic (exact) mass is 418 g/mol. The van der Waals surface area contributed by atoms with Gasteiger partial charge in [0.1, 0.15) is 5.82 Å². The van der Waals surface area contributed by atoms with Crippen molar-refractivity contribution in [1.82, 2.24) is 29.1 Å². The molecule has 0 fully saturated rings. The second-order valence-corrected chi connectivity index (χ2v) is 8.01. The van der Waals surface area contributed by atoms with E-state index in [0.29, 0.717) is 12.2 Å². The van der Waals surface area contributed by atoms with Crippen LogP contribution in [0.2, 0.25) is 0 Å². The van der Waals surface area contributed by atoms with Crippen LogP contribution in [0, 0.1) is 12.7 Å². The molecule has 0 saturated carbocycles. The second kappa shape index (κ2) is 7.87. The minimum atomic E-state index is -0.232. The number of thioether (sulfide) groups is 1. The van der Waals surface area contributed by atoms with Crippen LogP contribution < -0.4 is 0 Å². The van der Waals surface area contributed by atoms with Crippen LogP contribution in [-0.2, 0) is 18.7 Å². The third-order valence-electron chi connectivity index (χ3n) is 4.97. The Bertz CT molecular complexity index is 1320. The number of benzene rings is 2. The van der Waals surface area contributed by atoms with E-state index in [4.69, 9.17) is 15.1 Å². The fourth-order valence-electron chi connectivity index (χ4n) is 3.34. The van der Waals surface area contributed by atoms with E-state index in [-0.39, 0.29) is 5.82 Å². The highest BCUT2D eigenvalue weighted by molar-refractivity contribution is 7.98. The van der Waals surface area contributed by atoms with Crippen molar-refractivity contribution in [2.45, 2.75) is 30.8 Å². The quantitative estimate of drug-likeness (QED) is 0.301. The van der Waals surface area contributed by atoms with Gasteiger partial charge in [-0.05, 0) is 36.8 Å². The van der Waals surface area contributed by atoms with Crippen LogP contribution in [0.15, 0.2) is 66.2 Å². The average Bonchev–Trinajstić information content (AvgIpc) is 3.38. The van der Waals surface area contributed by atoms with E-state index in [1.165, 1.54) is 12.1 Å². The van der Waals surface area contributed by atoms with Crippen LogP contribution in [0.1, 0.15) is 17.1 Å². The third-order valence-corrected chi connectivity index (χ3v) is 5.97. The van der Waals surface area contributed by atoms with Crippen LogP contribution in [0.25, 0.3) is 16.6 Å². The molecular formula is C22H19FN6S. The molecule has 0 N–H and O–H groups in total. The van der Waals surface area contributed by atoms with E-state index >= 15 is 0 Å². The van der Waals surface area contributed by atoms with Crippen molar-refractivity contribution < 1.29 is 4.39 Å². The highest BCUT2D eigenvalue weighted by atomic mass is 32.2. The zero-order valence-electron chi connectivity index (χ0n) is 16.4. The summed E-state index contributed by atoms with van der Waals surface area (Å²) in [7, 11) is 0. The van der Waals surface area contributed by atoms with E-state index in [0.717, 1.165) is 45.3 Å². The summed E-state index contributed by atoms with van der Waals surface area (Å²) in [5.74, 6) is 1.21. The number of para-hydroxylation sites is 1.